The summed E-state index contributed by atoms with van der Waals surface area (Å²) in [4.78, 5) is 72.8. The molecule has 0 fully saturated rings. The number of esters is 4. The molecule has 0 aliphatic heterocycles. The van der Waals surface area contributed by atoms with Crippen LogP contribution < -0.4 is 0 Å². The summed E-state index contributed by atoms with van der Waals surface area (Å²) in [5, 5.41) is 10.6. The molecular weight excluding hydrogens is 1260 g/mol. The maximum atomic E-state index is 13.1. The van der Waals surface area contributed by atoms with Crippen LogP contribution in [-0.4, -0.2) is 96.7 Å². The van der Waals surface area contributed by atoms with Gasteiger partial charge in [-0.25, -0.2) is 9.13 Å². The second kappa shape index (κ2) is 67.5. The Bertz CT molecular complexity index is 1870. The summed E-state index contributed by atoms with van der Waals surface area (Å²) in [7, 11) is -9.91. The Labute approximate surface area is 588 Å². The number of aliphatic hydroxyl groups is 1. The van der Waals surface area contributed by atoms with Crippen LogP contribution in [0.2, 0.25) is 0 Å². The molecule has 0 aliphatic carbocycles. The average molecular weight is 1410 g/mol. The Hall–Kier alpha value is -1.94. The first kappa shape index (κ1) is 94.1. The van der Waals surface area contributed by atoms with E-state index in [1.54, 1.807) is 0 Å². The lowest BCUT2D eigenvalue weighted by atomic mass is 10.0. The van der Waals surface area contributed by atoms with E-state index < -0.39 is 97.5 Å². The van der Waals surface area contributed by atoms with E-state index in [0.29, 0.717) is 25.7 Å². The molecule has 0 heterocycles. The van der Waals surface area contributed by atoms with Crippen LogP contribution in [0.3, 0.4) is 0 Å². The van der Waals surface area contributed by atoms with Crippen molar-refractivity contribution < 1.29 is 80.2 Å². The first-order valence-corrected chi connectivity index (χ1v) is 42.8. The number of phosphoric acid groups is 2. The van der Waals surface area contributed by atoms with Crippen LogP contribution in [-0.2, 0) is 65.4 Å². The third kappa shape index (κ3) is 70.5. The van der Waals surface area contributed by atoms with Gasteiger partial charge in [-0.05, 0) is 43.4 Å². The van der Waals surface area contributed by atoms with Crippen LogP contribution in [0.1, 0.15) is 395 Å². The summed E-state index contributed by atoms with van der Waals surface area (Å²) in [5.74, 6) is 0.238. The minimum atomic E-state index is -4.96. The number of unbranched alkanes of at least 4 members (excludes halogenated alkanes) is 43. The van der Waals surface area contributed by atoms with E-state index in [-0.39, 0.29) is 25.7 Å². The second-order valence-corrected chi connectivity index (χ2v) is 32.1. The fourth-order valence-corrected chi connectivity index (χ4v) is 13.4. The van der Waals surface area contributed by atoms with Crippen LogP contribution >= 0.6 is 15.6 Å². The second-order valence-electron chi connectivity index (χ2n) is 29.2. The maximum absolute atomic E-state index is 13.1. The van der Waals surface area contributed by atoms with Gasteiger partial charge in [-0.3, -0.25) is 37.3 Å². The third-order valence-corrected chi connectivity index (χ3v) is 19.8. The molecule has 0 saturated carbocycles. The number of carbonyl (C=O) groups excluding carboxylic acids is 4. The molecule has 0 rings (SSSR count). The van der Waals surface area contributed by atoms with Gasteiger partial charge in [0.05, 0.1) is 26.4 Å². The van der Waals surface area contributed by atoms with E-state index in [0.717, 1.165) is 108 Å². The molecule has 570 valence electrons. The Morgan fingerprint density at radius 2 is 0.479 bits per heavy atom. The lowest BCUT2D eigenvalue weighted by Crippen LogP contribution is -2.30. The zero-order valence-electron chi connectivity index (χ0n) is 62.8. The maximum Gasteiger partial charge on any atom is 0.472 e. The van der Waals surface area contributed by atoms with E-state index in [1.165, 1.54) is 205 Å². The number of rotatable bonds is 75. The van der Waals surface area contributed by atoms with Crippen LogP contribution in [0.15, 0.2) is 0 Å². The van der Waals surface area contributed by atoms with Gasteiger partial charge in [0, 0.05) is 25.7 Å². The highest BCUT2D eigenvalue weighted by molar-refractivity contribution is 7.47. The van der Waals surface area contributed by atoms with E-state index in [4.69, 9.17) is 37.0 Å². The molecule has 2 unspecified atom stereocenters. The van der Waals surface area contributed by atoms with E-state index in [9.17, 15) is 43.2 Å². The highest BCUT2D eigenvalue weighted by Gasteiger charge is 2.30. The van der Waals surface area contributed by atoms with Gasteiger partial charge in [0.1, 0.15) is 19.3 Å². The number of ether oxygens (including phenoxy) is 4. The van der Waals surface area contributed by atoms with Gasteiger partial charge < -0.3 is 33.8 Å². The smallest absolute Gasteiger partial charge is 0.462 e. The molecule has 5 atom stereocenters. The summed E-state index contributed by atoms with van der Waals surface area (Å²) in [6.07, 6.45) is 54.0. The van der Waals surface area contributed by atoms with E-state index in [1.807, 2.05) is 0 Å². The SMILES string of the molecule is CCCCCCCCCCCC(=O)OC[C@H](COP(=O)(O)OC[C@H](O)COP(=O)(O)OC[C@@H](COC(=O)CCCCCCCCCCCCCCCC(C)C)OC(=O)CCCCCCCCCCCCCCCC(C)C)OC(=O)CCCCCCCCCCCCCCC(C)C. The van der Waals surface area contributed by atoms with Gasteiger partial charge in [0.25, 0.3) is 0 Å². The van der Waals surface area contributed by atoms with Gasteiger partial charge in [0.15, 0.2) is 12.2 Å². The monoisotopic (exact) mass is 1410 g/mol. The zero-order valence-corrected chi connectivity index (χ0v) is 64.6. The van der Waals surface area contributed by atoms with Crippen molar-refractivity contribution in [3.8, 4) is 0 Å². The molecule has 0 radical (unpaired) electrons. The Morgan fingerprint density at radius 3 is 0.708 bits per heavy atom. The Morgan fingerprint density at radius 1 is 0.281 bits per heavy atom. The van der Waals surface area contributed by atoms with E-state index >= 15 is 0 Å². The van der Waals surface area contributed by atoms with Crippen molar-refractivity contribution in [3.63, 3.8) is 0 Å². The first-order chi connectivity index (χ1) is 46.2. The van der Waals surface area contributed by atoms with Crippen molar-refractivity contribution in [1.82, 2.24) is 0 Å². The van der Waals surface area contributed by atoms with Gasteiger partial charge >= 0.3 is 39.5 Å². The van der Waals surface area contributed by atoms with Gasteiger partial charge in [-0.1, -0.05) is 344 Å². The number of hydrogen-bond acceptors (Lipinski definition) is 15. The molecule has 0 bridgehead atoms. The van der Waals surface area contributed by atoms with Crippen molar-refractivity contribution in [2.45, 2.75) is 414 Å². The lowest BCUT2D eigenvalue weighted by Gasteiger charge is -2.21. The molecule has 0 aliphatic rings. The number of carbonyl (C=O) groups is 4. The fourth-order valence-electron chi connectivity index (χ4n) is 11.8. The summed E-state index contributed by atoms with van der Waals surface area (Å²) >= 11 is 0. The molecule has 19 heteroatoms. The summed E-state index contributed by atoms with van der Waals surface area (Å²) < 4.78 is 68.6. The van der Waals surface area contributed by atoms with E-state index in [2.05, 4.69) is 48.5 Å². The quantitative estimate of drug-likeness (QED) is 0.0222. The van der Waals surface area contributed by atoms with Crippen molar-refractivity contribution in [2.75, 3.05) is 39.6 Å². The third-order valence-electron chi connectivity index (χ3n) is 17.9. The number of phosphoric ester groups is 2. The lowest BCUT2D eigenvalue weighted by molar-refractivity contribution is -0.161. The minimum absolute atomic E-state index is 0.107. The fraction of sp³-hybridized carbons (Fsp3) is 0.948. The summed E-state index contributed by atoms with van der Waals surface area (Å²) in [6.45, 7) is 11.9. The molecule has 0 saturated heterocycles. The minimum Gasteiger partial charge on any atom is -0.462 e. The van der Waals surface area contributed by atoms with Gasteiger partial charge in [-0.2, -0.15) is 0 Å². The highest BCUT2D eigenvalue weighted by Crippen LogP contribution is 2.45. The van der Waals surface area contributed by atoms with Crippen molar-refractivity contribution in [1.29, 1.82) is 0 Å². The Kier molecular flexibility index (Phi) is 66.2. The largest absolute Gasteiger partial charge is 0.472 e. The predicted octanol–water partition coefficient (Wildman–Crippen LogP) is 22.6. The van der Waals surface area contributed by atoms with Crippen LogP contribution in [0.25, 0.3) is 0 Å². The summed E-state index contributed by atoms with van der Waals surface area (Å²) in [5.41, 5.74) is 0. The summed E-state index contributed by atoms with van der Waals surface area (Å²) in [6, 6.07) is 0. The average Bonchev–Trinajstić information content (AvgIpc) is 1.96. The Balaban J connectivity index is 5.24. The molecule has 0 aromatic rings. The molecule has 0 aromatic carbocycles. The van der Waals surface area contributed by atoms with Gasteiger partial charge in [0.2, 0.25) is 0 Å². The zero-order chi connectivity index (χ0) is 70.9. The van der Waals surface area contributed by atoms with Crippen molar-refractivity contribution in [2.24, 2.45) is 17.8 Å². The molecule has 0 spiro atoms. The highest BCUT2D eigenvalue weighted by atomic mass is 31.2. The van der Waals surface area contributed by atoms with Crippen molar-refractivity contribution in [3.05, 3.63) is 0 Å². The van der Waals surface area contributed by atoms with Crippen LogP contribution in [0.4, 0.5) is 0 Å². The number of aliphatic hydroxyl groups excluding tert-OH is 1. The molecule has 17 nitrogen and oxygen atoms in total. The molecule has 96 heavy (non-hydrogen) atoms. The molecule has 0 aromatic heterocycles. The van der Waals surface area contributed by atoms with Gasteiger partial charge in [-0.15, -0.1) is 0 Å². The molecule has 0 amide bonds. The predicted molar refractivity (Wildman–Crippen MR) is 391 cm³/mol. The molecular formula is C77H150O17P2. The normalized spacial score (nSPS) is 14.1. The van der Waals surface area contributed by atoms with Crippen molar-refractivity contribution >= 4 is 39.5 Å². The number of hydrogen-bond donors (Lipinski definition) is 3. The van der Waals surface area contributed by atoms with Crippen LogP contribution in [0, 0.1) is 17.8 Å². The van der Waals surface area contributed by atoms with Crippen LogP contribution in [0.5, 0.6) is 0 Å². The molecule has 3 N–H and O–H groups in total. The topological polar surface area (TPSA) is 237 Å². The standard InChI is InChI=1S/C77H150O17P2/c1-8-9-10-11-12-27-37-44-51-58-74(79)87-64-72(93-77(82)61-54-47-40-33-26-20-19-23-30-36-43-50-57-70(6)7)66-91-95(83,84)89-62-71(78)63-90-96(85,86)92-67-73(94-76(81)60-53-46-39-32-25-18-14-16-22-29-35-42-49-56-69(4)5)65-88-75(80)59-52-45-38-31-24-17-13-15-21-28-34-41-48-55-68(2)3/h68-73,78H,8-67H2,1-7H3,(H,83,84)(H,85,86)/t71-,72+,73+/m0/s1. The first-order valence-electron chi connectivity index (χ1n) is 39.8.